The molecular formula is C22H30N4O3. The van der Waals surface area contributed by atoms with Gasteiger partial charge in [0.15, 0.2) is 11.5 Å². The van der Waals surface area contributed by atoms with Crippen LogP contribution in [0.15, 0.2) is 18.3 Å². The SMILES string of the molecule is CCc1ncc2c(n1)CN(CC(=O)NC(C)c1cc(OC)c(OC)cc1C)CC2. The topological polar surface area (TPSA) is 76.6 Å². The van der Waals surface area contributed by atoms with Crippen molar-refractivity contribution in [2.75, 3.05) is 27.3 Å². The molecule has 0 saturated heterocycles. The van der Waals surface area contributed by atoms with Crippen LogP contribution in [0.25, 0.3) is 0 Å². The summed E-state index contributed by atoms with van der Waals surface area (Å²) < 4.78 is 10.8. The fraction of sp³-hybridized carbons (Fsp3) is 0.500. The maximum atomic E-state index is 12.7. The molecule has 2 aromatic rings. The van der Waals surface area contributed by atoms with Crippen LogP contribution in [0.5, 0.6) is 11.5 Å². The normalized spacial score (nSPS) is 14.8. The van der Waals surface area contributed by atoms with Gasteiger partial charge in [-0.15, -0.1) is 0 Å². The highest BCUT2D eigenvalue weighted by Gasteiger charge is 2.22. The summed E-state index contributed by atoms with van der Waals surface area (Å²) >= 11 is 0. The molecule has 29 heavy (non-hydrogen) atoms. The van der Waals surface area contributed by atoms with Crippen LogP contribution in [-0.2, 0) is 24.2 Å². The maximum Gasteiger partial charge on any atom is 0.234 e. The summed E-state index contributed by atoms with van der Waals surface area (Å²) in [6, 6.07) is 3.73. The molecule has 1 N–H and O–H groups in total. The van der Waals surface area contributed by atoms with Gasteiger partial charge < -0.3 is 14.8 Å². The molecule has 156 valence electrons. The molecule has 1 aromatic heterocycles. The maximum absolute atomic E-state index is 12.7. The van der Waals surface area contributed by atoms with E-state index in [-0.39, 0.29) is 11.9 Å². The number of fused-ring (bicyclic) bond motifs is 1. The summed E-state index contributed by atoms with van der Waals surface area (Å²) in [5, 5.41) is 3.11. The van der Waals surface area contributed by atoms with Crippen molar-refractivity contribution in [1.82, 2.24) is 20.2 Å². The van der Waals surface area contributed by atoms with E-state index in [4.69, 9.17) is 9.47 Å². The number of carbonyl (C=O) groups is 1. The molecule has 0 bridgehead atoms. The van der Waals surface area contributed by atoms with E-state index in [0.29, 0.717) is 24.6 Å². The summed E-state index contributed by atoms with van der Waals surface area (Å²) in [5.41, 5.74) is 4.29. The molecule has 1 aliphatic rings. The highest BCUT2D eigenvalue weighted by molar-refractivity contribution is 5.78. The first-order valence-electron chi connectivity index (χ1n) is 10.0. The smallest absolute Gasteiger partial charge is 0.234 e. The first-order valence-corrected chi connectivity index (χ1v) is 10.0. The molecule has 7 heteroatoms. The van der Waals surface area contributed by atoms with Crippen molar-refractivity contribution >= 4 is 5.91 Å². The van der Waals surface area contributed by atoms with E-state index in [1.165, 1.54) is 5.56 Å². The van der Waals surface area contributed by atoms with Crippen molar-refractivity contribution in [3.8, 4) is 11.5 Å². The van der Waals surface area contributed by atoms with E-state index < -0.39 is 0 Å². The molecule has 1 unspecified atom stereocenters. The number of amides is 1. The minimum absolute atomic E-state index is 0.0000870. The molecule has 7 nitrogen and oxygen atoms in total. The Morgan fingerprint density at radius 2 is 2.00 bits per heavy atom. The number of aromatic nitrogens is 2. The third-order valence-electron chi connectivity index (χ3n) is 5.37. The third-order valence-corrected chi connectivity index (χ3v) is 5.37. The number of hydrogen-bond acceptors (Lipinski definition) is 6. The van der Waals surface area contributed by atoms with E-state index in [9.17, 15) is 4.79 Å². The largest absolute Gasteiger partial charge is 0.493 e. The zero-order valence-corrected chi connectivity index (χ0v) is 17.9. The molecule has 0 saturated carbocycles. The zero-order chi connectivity index (χ0) is 21.0. The Morgan fingerprint density at radius 1 is 1.28 bits per heavy atom. The highest BCUT2D eigenvalue weighted by Crippen LogP contribution is 2.32. The first-order chi connectivity index (χ1) is 13.9. The van der Waals surface area contributed by atoms with Gasteiger partial charge in [-0.2, -0.15) is 0 Å². The molecule has 0 fully saturated rings. The minimum atomic E-state index is -0.131. The summed E-state index contributed by atoms with van der Waals surface area (Å²) in [7, 11) is 3.23. The number of nitrogens with one attached hydrogen (secondary N) is 1. The lowest BCUT2D eigenvalue weighted by molar-refractivity contribution is -0.123. The average molecular weight is 399 g/mol. The van der Waals surface area contributed by atoms with Gasteiger partial charge in [0.1, 0.15) is 5.82 Å². The van der Waals surface area contributed by atoms with Gasteiger partial charge >= 0.3 is 0 Å². The van der Waals surface area contributed by atoms with Crippen LogP contribution >= 0.6 is 0 Å². The van der Waals surface area contributed by atoms with Gasteiger partial charge in [0.2, 0.25) is 5.91 Å². The van der Waals surface area contributed by atoms with E-state index in [1.54, 1.807) is 14.2 Å². The molecule has 1 atom stereocenters. The summed E-state index contributed by atoms with van der Waals surface area (Å²) in [5.74, 6) is 2.20. The van der Waals surface area contributed by atoms with E-state index in [0.717, 1.165) is 42.0 Å². The number of aryl methyl sites for hydroxylation is 2. The number of nitrogens with zero attached hydrogens (tertiary/aromatic N) is 3. The Balaban J connectivity index is 1.63. The number of ether oxygens (including phenoxy) is 2. The van der Waals surface area contributed by atoms with Gasteiger partial charge in [-0.3, -0.25) is 9.69 Å². The van der Waals surface area contributed by atoms with Crippen LogP contribution in [0.2, 0.25) is 0 Å². The fourth-order valence-electron chi connectivity index (χ4n) is 3.73. The molecular weight excluding hydrogens is 368 g/mol. The first kappa shape index (κ1) is 21.0. The predicted molar refractivity (Wildman–Crippen MR) is 111 cm³/mol. The minimum Gasteiger partial charge on any atom is -0.493 e. The van der Waals surface area contributed by atoms with Gasteiger partial charge in [0.05, 0.1) is 32.5 Å². The Hall–Kier alpha value is -2.67. The van der Waals surface area contributed by atoms with Gasteiger partial charge in [0, 0.05) is 25.7 Å². The van der Waals surface area contributed by atoms with Gasteiger partial charge in [-0.05, 0) is 49.1 Å². The Labute approximate surface area is 172 Å². The van der Waals surface area contributed by atoms with Crippen LogP contribution in [0, 0.1) is 6.92 Å². The monoisotopic (exact) mass is 398 g/mol. The molecule has 3 rings (SSSR count). The number of carbonyl (C=O) groups excluding carboxylic acids is 1. The predicted octanol–water partition coefficient (Wildman–Crippen LogP) is 2.60. The molecule has 2 heterocycles. The van der Waals surface area contributed by atoms with Crippen LogP contribution in [0.3, 0.4) is 0 Å². The van der Waals surface area contributed by atoms with Crippen molar-refractivity contribution in [3.05, 3.63) is 46.5 Å². The number of hydrogen-bond donors (Lipinski definition) is 1. The van der Waals surface area contributed by atoms with Crippen LogP contribution in [0.1, 0.15) is 48.1 Å². The van der Waals surface area contributed by atoms with Crippen LogP contribution in [-0.4, -0.2) is 48.1 Å². The van der Waals surface area contributed by atoms with Crippen molar-refractivity contribution < 1.29 is 14.3 Å². The standard InChI is InChI=1S/C22H30N4O3/c1-6-21-23-11-16-7-8-26(12-18(16)25-21)13-22(27)24-15(3)17-10-20(29-5)19(28-4)9-14(17)2/h9-11,15H,6-8,12-13H2,1-5H3,(H,24,27). The van der Waals surface area contributed by atoms with Crippen molar-refractivity contribution in [2.45, 2.75) is 46.2 Å². The van der Waals surface area contributed by atoms with E-state index in [2.05, 4.69) is 20.2 Å². The summed E-state index contributed by atoms with van der Waals surface area (Å²) in [6.07, 6.45) is 3.62. The fourth-order valence-corrected chi connectivity index (χ4v) is 3.73. The van der Waals surface area contributed by atoms with Gasteiger partial charge in [-0.25, -0.2) is 9.97 Å². The lowest BCUT2D eigenvalue weighted by atomic mass is 10.0. The molecule has 1 aromatic carbocycles. The highest BCUT2D eigenvalue weighted by atomic mass is 16.5. The molecule has 0 spiro atoms. The van der Waals surface area contributed by atoms with Gasteiger partial charge in [-0.1, -0.05) is 6.92 Å². The van der Waals surface area contributed by atoms with Crippen molar-refractivity contribution in [2.24, 2.45) is 0 Å². The van der Waals surface area contributed by atoms with Crippen LogP contribution < -0.4 is 14.8 Å². The lowest BCUT2D eigenvalue weighted by Crippen LogP contribution is -2.41. The second kappa shape index (κ2) is 9.22. The van der Waals surface area contributed by atoms with E-state index in [1.807, 2.05) is 39.1 Å². The molecule has 1 amide bonds. The average Bonchev–Trinajstić information content (AvgIpc) is 2.72. The lowest BCUT2D eigenvalue weighted by Gasteiger charge is -2.28. The van der Waals surface area contributed by atoms with Crippen molar-refractivity contribution in [1.29, 1.82) is 0 Å². The number of benzene rings is 1. The molecule has 1 aliphatic heterocycles. The molecule has 0 aliphatic carbocycles. The number of rotatable bonds is 7. The third kappa shape index (κ3) is 4.85. The Morgan fingerprint density at radius 3 is 2.69 bits per heavy atom. The second-order valence-corrected chi connectivity index (χ2v) is 7.43. The number of methoxy groups -OCH3 is 2. The van der Waals surface area contributed by atoms with Gasteiger partial charge in [0.25, 0.3) is 0 Å². The summed E-state index contributed by atoms with van der Waals surface area (Å²) in [6.45, 7) is 7.90. The van der Waals surface area contributed by atoms with Crippen molar-refractivity contribution in [3.63, 3.8) is 0 Å². The van der Waals surface area contributed by atoms with Crippen LogP contribution in [0.4, 0.5) is 0 Å². The molecule has 0 radical (unpaired) electrons. The Kier molecular flexibility index (Phi) is 6.69. The van der Waals surface area contributed by atoms with E-state index >= 15 is 0 Å². The second-order valence-electron chi connectivity index (χ2n) is 7.43. The summed E-state index contributed by atoms with van der Waals surface area (Å²) in [4.78, 5) is 23.8. The quantitative estimate of drug-likeness (QED) is 0.773. The Bertz CT molecular complexity index is 885. The zero-order valence-electron chi connectivity index (χ0n) is 17.9.